The van der Waals surface area contributed by atoms with Crippen LogP contribution in [-0.2, 0) is 16.8 Å². The number of nitrogens with one attached hydrogen (secondary N) is 2. The number of aryl methyl sites for hydroxylation is 1. The number of hydrogen-bond donors (Lipinski definition) is 3. The lowest BCUT2D eigenvalue weighted by Crippen LogP contribution is -2.52. The summed E-state index contributed by atoms with van der Waals surface area (Å²) in [6, 6.07) is 6.90. The Kier molecular flexibility index (Phi) is 10.3. The van der Waals surface area contributed by atoms with Gasteiger partial charge in [0.05, 0.1) is 17.7 Å². The van der Waals surface area contributed by atoms with Crippen molar-refractivity contribution in [3.63, 3.8) is 0 Å². The molecule has 3 N–H and O–H groups in total. The van der Waals surface area contributed by atoms with Gasteiger partial charge in [-0.15, -0.1) is 11.3 Å². The van der Waals surface area contributed by atoms with Gasteiger partial charge in [0, 0.05) is 29.3 Å². The molecule has 1 saturated carbocycles. The topological polar surface area (TPSA) is 61.4 Å². The minimum Gasteiger partial charge on any atom is -0.390 e. The van der Waals surface area contributed by atoms with Crippen molar-refractivity contribution in [3.05, 3.63) is 57.3 Å². The van der Waals surface area contributed by atoms with Gasteiger partial charge >= 0.3 is 0 Å². The first-order valence-corrected chi connectivity index (χ1v) is 12.3. The zero-order valence-electron chi connectivity index (χ0n) is 19.5. The monoisotopic (exact) mass is 466 g/mol. The number of carbonyl (C=O) groups excluding carboxylic acids is 1. The molecule has 178 valence electrons. The Hall–Kier alpha value is -1.83. The minimum absolute atomic E-state index is 0.141. The van der Waals surface area contributed by atoms with Crippen LogP contribution < -0.4 is 10.6 Å². The second kappa shape index (κ2) is 12.4. The predicted molar refractivity (Wildman–Crippen MR) is 127 cm³/mol. The Morgan fingerprint density at radius 2 is 1.75 bits per heavy atom. The molecule has 1 aromatic carbocycles. The number of aliphatic hydroxyl groups is 1. The number of benzene rings is 1. The van der Waals surface area contributed by atoms with Crippen molar-refractivity contribution in [1.82, 2.24) is 10.6 Å². The molecule has 7 heteroatoms. The Bertz CT molecular complexity index is 845. The summed E-state index contributed by atoms with van der Waals surface area (Å²) in [5, 5.41) is 17.2. The molecular weight excluding hydrogens is 430 g/mol. The molecular formula is C25H36F2N2O2S. The van der Waals surface area contributed by atoms with Crippen molar-refractivity contribution in [2.45, 2.75) is 83.9 Å². The van der Waals surface area contributed by atoms with Crippen LogP contribution in [0.3, 0.4) is 0 Å². The fourth-order valence-corrected chi connectivity index (χ4v) is 5.42. The lowest BCUT2D eigenvalue weighted by Gasteiger charge is -2.39. The molecule has 2 unspecified atom stereocenters. The Labute approximate surface area is 194 Å². The van der Waals surface area contributed by atoms with Gasteiger partial charge in [-0.25, -0.2) is 8.78 Å². The van der Waals surface area contributed by atoms with Crippen molar-refractivity contribution in [3.8, 4) is 0 Å². The van der Waals surface area contributed by atoms with Crippen LogP contribution in [0.25, 0.3) is 0 Å². The first-order valence-electron chi connectivity index (χ1n) is 11.5. The molecule has 1 aliphatic carbocycles. The highest BCUT2D eigenvalue weighted by atomic mass is 32.1. The maximum absolute atomic E-state index is 13.6. The fourth-order valence-electron chi connectivity index (χ4n) is 4.33. The van der Waals surface area contributed by atoms with Gasteiger partial charge in [-0.05, 0) is 56.0 Å². The van der Waals surface area contributed by atoms with Gasteiger partial charge in [-0.1, -0.05) is 33.1 Å². The van der Waals surface area contributed by atoms with Gasteiger partial charge in [0.1, 0.15) is 11.6 Å². The third-order valence-corrected chi connectivity index (χ3v) is 7.00. The molecule has 0 bridgehead atoms. The number of amides is 1. The second-order valence-corrected chi connectivity index (χ2v) is 9.58. The summed E-state index contributed by atoms with van der Waals surface area (Å²) in [5.74, 6) is -1.64. The van der Waals surface area contributed by atoms with Gasteiger partial charge in [0.2, 0.25) is 5.91 Å². The molecule has 0 saturated heterocycles. The molecule has 0 spiro atoms. The van der Waals surface area contributed by atoms with E-state index >= 15 is 0 Å². The van der Waals surface area contributed by atoms with Crippen LogP contribution in [0, 0.1) is 18.6 Å². The average molecular weight is 467 g/mol. The van der Waals surface area contributed by atoms with Gasteiger partial charge in [0.25, 0.3) is 0 Å². The standard InChI is InChI=1S/C23H30F2N2O2S.C2H6/c1-15-6-7-22(30-15)23(8-4-3-5-9-23)26-14-21(29)20(27-16(2)28)12-17-10-18(24)13-19(25)11-17;1-2/h6-7,10-11,13,20-21,26,29H,3-5,8-9,12,14H2,1-2H3,(H,27,28);1-2H3. The highest BCUT2D eigenvalue weighted by Gasteiger charge is 2.36. The largest absolute Gasteiger partial charge is 0.390 e. The lowest BCUT2D eigenvalue weighted by atomic mass is 9.80. The smallest absolute Gasteiger partial charge is 0.217 e. The van der Waals surface area contributed by atoms with Gasteiger partial charge in [-0.3, -0.25) is 4.79 Å². The zero-order chi connectivity index (χ0) is 23.7. The van der Waals surface area contributed by atoms with E-state index in [4.69, 9.17) is 0 Å². The predicted octanol–water partition coefficient (Wildman–Crippen LogP) is 5.22. The van der Waals surface area contributed by atoms with Gasteiger partial charge < -0.3 is 15.7 Å². The number of halogens is 2. The first-order chi connectivity index (χ1) is 15.3. The molecule has 32 heavy (non-hydrogen) atoms. The van der Waals surface area contributed by atoms with Crippen LogP contribution in [0.1, 0.15) is 68.2 Å². The van der Waals surface area contributed by atoms with E-state index in [0.29, 0.717) is 5.56 Å². The van der Waals surface area contributed by atoms with E-state index in [1.54, 1.807) is 11.3 Å². The molecule has 4 nitrogen and oxygen atoms in total. The fraction of sp³-hybridized carbons (Fsp3) is 0.560. The van der Waals surface area contributed by atoms with Crippen LogP contribution in [0.15, 0.2) is 30.3 Å². The highest BCUT2D eigenvalue weighted by Crippen LogP contribution is 2.40. The highest BCUT2D eigenvalue weighted by molar-refractivity contribution is 7.12. The van der Waals surface area contributed by atoms with Gasteiger partial charge in [-0.2, -0.15) is 0 Å². The van der Waals surface area contributed by atoms with Crippen molar-refractivity contribution in [2.24, 2.45) is 0 Å². The van der Waals surface area contributed by atoms with E-state index in [0.717, 1.165) is 31.7 Å². The second-order valence-electron chi connectivity index (χ2n) is 8.29. The molecule has 1 aromatic heterocycles. The van der Waals surface area contributed by atoms with Gasteiger partial charge in [0.15, 0.2) is 0 Å². The summed E-state index contributed by atoms with van der Waals surface area (Å²) in [6.45, 7) is 7.74. The van der Waals surface area contributed by atoms with Crippen LogP contribution in [0.5, 0.6) is 0 Å². The summed E-state index contributed by atoms with van der Waals surface area (Å²) < 4.78 is 27.1. The van der Waals surface area contributed by atoms with E-state index in [-0.39, 0.29) is 24.4 Å². The quantitative estimate of drug-likeness (QED) is 0.500. The number of hydrogen-bond acceptors (Lipinski definition) is 4. The summed E-state index contributed by atoms with van der Waals surface area (Å²) >= 11 is 1.77. The van der Waals surface area contributed by atoms with Crippen molar-refractivity contribution >= 4 is 17.2 Å². The lowest BCUT2D eigenvalue weighted by molar-refractivity contribution is -0.120. The number of carbonyl (C=O) groups is 1. The van der Waals surface area contributed by atoms with E-state index in [1.807, 2.05) is 13.8 Å². The summed E-state index contributed by atoms with van der Waals surface area (Å²) in [6.07, 6.45) is 4.69. The van der Waals surface area contributed by atoms with Crippen LogP contribution in [-0.4, -0.2) is 29.7 Å². The SMILES string of the molecule is CC.CC(=O)NC(Cc1cc(F)cc(F)c1)C(O)CNC1(c2ccc(C)s2)CCCCC1. The minimum atomic E-state index is -0.903. The molecule has 0 aliphatic heterocycles. The molecule has 1 fully saturated rings. The molecule has 2 atom stereocenters. The van der Waals surface area contributed by atoms with E-state index < -0.39 is 23.8 Å². The molecule has 1 heterocycles. The Balaban J connectivity index is 0.00000176. The molecule has 1 amide bonds. The van der Waals surface area contributed by atoms with E-state index in [2.05, 4.69) is 29.7 Å². The molecule has 2 aromatic rings. The number of aliphatic hydroxyl groups excluding tert-OH is 1. The zero-order valence-corrected chi connectivity index (χ0v) is 20.3. The van der Waals surface area contributed by atoms with Crippen LogP contribution in [0.4, 0.5) is 8.78 Å². The van der Waals surface area contributed by atoms with Crippen molar-refractivity contribution < 1.29 is 18.7 Å². The first kappa shape index (κ1) is 26.4. The summed E-state index contributed by atoms with van der Waals surface area (Å²) in [4.78, 5) is 14.2. The van der Waals surface area contributed by atoms with E-state index in [9.17, 15) is 18.7 Å². The third kappa shape index (κ3) is 7.36. The van der Waals surface area contributed by atoms with Crippen molar-refractivity contribution in [1.29, 1.82) is 0 Å². The average Bonchev–Trinajstić information content (AvgIpc) is 3.20. The Morgan fingerprint density at radius 3 is 2.28 bits per heavy atom. The maximum Gasteiger partial charge on any atom is 0.217 e. The summed E-state index contributed by atoms with van der Waals surface area (Å²) in [7, 11) is 0. The molecule has 3 rings (SSSR count). The summed E-state index contributed by atoms with van der Waals surface area (Å²) in [5.41, 5.74) is 0.218. The number of rotatable bonds is 8. The number of thiophene rings is 1. The third-order valence-electron chi connectivity index (χ3n) is 5.80. The van der Waals surface area contributed by atoms with Crippen molar-refractivity contribution in [2.75, 3.05) is 6.54 Å². The Morgan fingerprint density at radius 1 is 1.12 bits per heavy atom. The molecule has 1 aliphatic rings. The van der Waals surface area contributed by atoms with E-state index in [1.165, 1.54) is 35.2 Å². The molecule has 0 radical (unpaired) electrons. The maximum atomic E-state index is 13.6. The van der Waals surface area contributed by atoms with Crippen LogP contribution in [0.2, 0.25) is 0 Å². The normalized spacial score (nSPS) is 17.1. The van der Waals surface area contributed by atoms with Crippen LogP contribution >= 0.6 is 11.3 Å².